The van der Waals surface area contributed by atoms with Gasteiger partial charge in [-0.2, -0.15) is 0 Å². The van der Waals surface area contributed by atoms with E-state index in [2.05, 4.69) is 5.32 Å². The number of rotatable bonds is 6. The van der Waals surface area contributed by atoms with Crippen LogP contribution in [0, 0.1) is 18.7 Å². The zero-order valence-electron chi connectivity index (χ0n) is 17.2. The minimum atomic E-state index is -0.383. The lowest BCUT2D eigenvalue weighted by atomic mass is 9.95. The third-order valence-corrected chi connectivity index (χ3v) is 6.04. The SMILES string of the molecule is CC[C@H](C(=O)N1CCC(C(=O)NCc2ccc(C)c(F)c2)CC1)N1CCCC1=O. The number of halogens is 1. The van der Waals surface area contributed by atoms with E-state index in [0.717, 1.165) is 12.0 Å². The monoisotopic (exact) mass is 403 g/mol. The summed E-state index contributed by atoms with van der Waals surface area (Å²) in [5.74, 6) is -0.419. The summed E-state index contributed by atoms with van der Waals surface area (Å²) in [4.78, 5) is 40.9. The lowest BCUT2D eigenvalue weighted by Crippen LogP contribution is -2.51. The number of benzene rings is 1. The summed E-state index contributed by atoms with van der Waals surface area (Å²) in [6.45, 7) is 5.63. The van der Waals surface area contributed by atoms with Gasteiger partial charge in [0.05, 0.1) is 0 Å². The van der Waals surface area contributed by atoms with Crippen molar-refractivity contribution in [3.05, 3.63) is 35.1 Å². The molecule has 2 fully saturated rings. The number of nitrogens with one attached hydrogen (secondary N) is 1. The Kier molecular flexibility index (Phi) is 6.87. The highest BCUT2D eigenvalue weighted by Crippen LogP contribution is 2.22. The second-order valence-electron chi connectivity index (χ2n) is 8.02. The Hall–Kier alpha value is -2.44. The fourth-order valence-corrected chi connectivity index (χ4v) is 4.18. The van der Waals surface area contributed by atoms with Gasteiger partial charge in [0, 0.05) is 38.5 Å². The zero-order chi connectivity index (χ0) is 21.0. The summed E-state index contributed by atoms with van der Waals surface area (Å²) in [7, 11) is 0. The van der Waals surface area contributed by atoms with Gasteiger partial charge in [-0.05, 0) is 49.8 Å². The zero-order valence-corrected chi connectivity index (χ0v) is 17.2. The molecule has 2 aliphatic heterocycles. The second kappa shape index (κ2) is 9.37. The van der Waals surface area contributed by atoms with E-state index in [-0.39, 0.29) is 35.5 Å². The highest BCUT2D eigenvalue weighted by molar-refractivity contribution is 5.89. The Balaban J connectivity index is 1.48. The Bertz CT molecular complexity index is 775. The third kappa shape index (κ3) is 4.95. The van der Waals surface area contributed by atoms with Crippen LogP contribution in [0.2, 0.25) is 0 Å². The molecule has 0 unspecified atom stereocenters. The van der Waals surface area contributed by atoms with Gasteiger partial charge in [-0.15, -0.1) is 0 Å². The van der Waals surface area contributed by atoms with Crippen molar-refractivity contribution in [1.82, 2.24) is 15.1 Å². The maximum Gasteiger partial charge on any atom is 0.245 e. The number of aryl methyl sites for hydroxylation is 1. The molecule has 3 amide bonds. The van der Waals surface area contributed by atoms with Crippen LogP contribution in [-0.4, -0.2) is 53.2 Å². The number of amides is 3. The van der Waals surface area contributed by atoms with Crippen LogP contribution in [0.25, 0.3) is 0 Å². The highest BCUT2D eigenvalue weighted by atomic mass is 19.1. The molecule has 0 radical (unpaired) electrons. The van der Waals surface area contributed by atoms with Crippen LogP contribution in [0.1, 0.15) is 50.2 Å². The van der Waals surface area contributed by atoms with E-state index in [0.29, 0.717) is 57.4 Å². The molecule has 2 aliphatic rings. The van der Waals surface area contributed by atoms with Crippen LogP contribution in [-0.2, 0) is 20.9 Å². The number of piperidine rings is 1. The lowest BCUT2D eigenvalue weighted by molar-refractivity contribution is -0.145. The minimum Gasteiger partial charge on any atom is -0.352 e. The molecule has 0 aromatic heterocycles. The van der Waals surface area contributed by atoms with Crippen molar-refractivity contribution in [3.63, 3.8) is 0 Å². The van der Waals surface area contributed by atoms with E-state index in [9.17, 15) is 18.8 Å². The van der Waals surface area contributed by atoms with E-state index in [1.54, 1.807) is 22.8 Å². The van der Waals surface area contributed by atoms with Gasteiger partial charge >= 0.3 is 0 Å². The van der Waals surface area contributed by atoms with Gasteiger partial charge in [0.25, 0.3) is 0 Å². The molecule has 0 aliphatic carbocycles. The normalized spacial score (nSPS) is 18.8. The summed E-state index contributed by atoms with van der Waals surface area (Å²) in [6.07, 6.45) is 3.15. The molecular formula is C22H30FN3O3. The first-order valence-corrected chi connectivity index (χ1v) is 10.5. The fourth-order valence-electron chi connectivity index (χ4n) is 4.18. The number of carbonyl (C=O) groups excluding carboxylic acids is 3. The summed E-state index contributed by atoms with van der Waals surface area (Å²) in [5.41, 5.74) is 1.31. The van der Waals surface area contributed by atoms with Crippen molar-refractivity contribution >= 4 is 17.7 Å². The van der Waals surface area contributed by atoms with Gasteiger partial charge in [0.15, 0.2) is 0 Å². The third-order valence-electron chi connectivity index (χ3n) is 6.04. The van der Waals surface area contributed by atoms with Gasteiger partial charge in [-0.1, -0.05) is 19.1 Å². The summed E-state index contributed by atoms with van der Waals surface area (Å²) < 4.78 is 13.6. The lowest BCUT2D eigenvalue weighted by Gasteiger charge is -2.36. The van der Waals surface area contributed by atoms with E-state index < -0.39 is 0 Å². The summed E-state index contributed by atoms with van der Waals surface area (Å²) in [6, 6.07) is 4.58. The molecule has 1 aromatic rings. The number of nitrogens with zero attached hydrogens (tertiary/aromatic N) is 2. The van der Waals surface area contributed by atoms with E-state index in [1.165, 1.54) is 6.07 Å². The van der Waals surface area contributed by atoms with E-state index >= 15 is 0 Å². The van der Waals surface area contributed by atoms with Crippen LogP contribution in [0.5, 0.6) is 0 Å². The van der Waals surface area contributed by atoms with Gasteiger partial charge in [-0.25, -0.2) is 4.39 Å². The minimum absolute atomic E-state index is 0.00302. The van der Waals surface area contributed by atoms with Crippen molar-refractivity contribution < 1.29 is 18.8 Å². The number of hydrogen-bond donors (Lipinski definition) is 1. The first kappa shape index (κ1) is 21.3. The average molecular weight is 403 g/mol. The number of hydrogen-bond acceptors (Lipinski definition) is 3. The second-order valence-corrected chi connectivity index (χ2v) is 8.02. The Morgan fingerprint density at radius 3 is 2.55 bits per heavy atom. The molecule has 158 valence electrons. The van der Waals surface area contributed by atoms with Crippen LogP contribution in [0.15, 0.2) is 18.2 Å². The molecule has 29 heavy (non-hydrogen) atoms. The highest BCUT2D eigenvalue weighted by Gasteiger charge is 2.36. The van der Waals surface area contributed by atoms with E-state index in [4.69, 9.17) is 0 Å². The first-order valence-electron chi connectivity index (χ1n) is 10.5. The standard InChI is InChI=1S/C22H30FN3O3/c1-3-19(26-10-4-5-20(26)27)22(29)25-11-8-17(9-12-25)21(28)24-14-16-7-6-15(2)18(23)13-16/h6-7,13,17,19H,3-5,8-12,14H2,1-2H3,(H,24,28)/t19-/m1/s1. The van der Waals surface area contributed by atoms with Crippen molar-refractivity contribution in [1.29, 1.82) is 0 Å². The molecule has 0 spiro atoms. The van der Waals surface area contributed by atoms with Gasteiger partial charge in [-0.3, -0.25) is 14.4 Å². The summed E-state index contributed by atoms with van der Waals surface area (Å²) >= 11 is 0. The fraction of sp³-hybridized carbons (Fsp3) is 0.591. The molecule has 0 bridgehead atoms. The molecule has 1 aromatic carbocycles. The number of likely N-dealkylation sites (tertiary alicyclic amines) is 2. The van der Waals surface area contributed by atoms with E-state index in [1.807, 2.05) is 13.0 Å². The Morgan fingerprint density at radius 1 is 1.24 bits per heavy atom. The average Bonchev–Trinajstić information content (AvgIpc) is 3.15. The van der Waals surface area contributed by atoms with Crippen molar-refractivity contribution in [2.24, 2.45) is 5.92 Å². The van der Waals surface area contributed by atoms with Crippen LogP contribution in [0.4, 0.5) is 4.39 Å². The predicted molar refractivity (Wildman–Crippen MR) is 107 cm³/mol. The predicted octanol–water partition coefficient (Wildman–Crippen LogP) is 2.39. The van der Waals surface area contributed by atoms with Gasteiger partial charge < -0.3 is 15.1 Å². The van der Waals surface area contributed by atoms with Crippen LogP contribution >= 0.6 is 0 Å². The molecule has 0 saturated carbocycles. The molecular weight excluding hydrogens is 373 g/mol. The van der Waals surface area contributed by atoms with Crippen molar-refractivity contribution in [2.75, 3.05) is 19.6 Å². The first-order chi connectivity index (χ1) is 13.9. The molecule has 2 heterocycles. The molecule has 7 heteroatoms. The van der Waals surface area contributed by atoms with Crippen molar-refractivity contribution in [2.45, 2.75) is 58.5 Å². The van der Waals surface area contributed by atoms with Crippen LogP contribution < -0.4 is 5.32 Å². The van der Waals surface area contributed by atoms with Gasteiger partial charge in [0.1, 0.15) is 11.9 Å². The largest absolute Gasteiger partial charge is 0.352 e. The summed E-state index contributed by atoms with van der Waals surface area (Å²) in [5, 5.41) is 2.88. The smallest absolute Gasteiger partial charge is 0.245 e. The quantitative estimate of drug-likeness (QED) is 0.793. The van der Waals surface area contributed by atoms with Gasteiger partial charge in [0.2, 0.25) is 17.7 Å². The van der Waals surface area contributed by atoms with Crippen molar-refractivity contribution in [3.8, 4) is 0 Å². The maximum atomic E-state index is 13.6. The molecule has 2 saturated heterocycles. The number of carbonyl (C=O) groups is 3. The molecule has 6 nitrogen and oxygen atoms in total. The topological polar surface area (TPSA) is 69.7 Å². The Labute approximate surface area is 171 Å². The molecule has 1 N–H and O–H groups in total. The Morgan fingerprint density at radius 2 is 1.97 bits per heavy atom. The van der Waals surface area contributed by atoms with Crippen LogP contribution in [0.3, 0.4) is 0 Å². The maximum absolute atomic E-state index is 13.6. The molecule has 3 rings (SSSR count). The molecule has 1 atom stereocenters.